The molecule has 4 nitrogen and oxygen atoms in total. The van der Waals surface area contributed by atoms with Crippen molar-refractivity contribution in [2.45, 2.75) is 127 Å². The molecule has 6 atom stereocenters. The van der Waals surface area contributed by atoms with E-state index < -0.39 is 0 Å². The number of hydrogen-bond donors (Lipinski definition) is 0. The van der Waals surface area contributed by atoms with Crippen molar-refractivity contribution in [3.63, 3.8) is 0 Å². The van der Waals surface area contributed by atoms with Gasteiger partial charge in [-0.25, -0.2) is 0 Å². The van der Waals surface area contributed by atoms with Crippen molar-refractivity contribution in [2.75, 3.05) is 26.4 Å². The van der Waals surface area contributed by atoms with Gasteiger partial charge in [-0.3, -0.25) is 0 Å². The molecule has 2 aliphatic heterocycles. The zero-order valence-corrected chi connectivity index (χ0v) is 22.0. The fourth-order valence-corrected chi connectivity index (χ4v) is 10.7. The van der Waals surface area contributed by atoms with E-state index in [-0.39, 0.29) is 0 Å². The van der Waals surface area contributed by atoms with Crippen LogP contribution in [0.3, 0.4) is 0 Å². The summed E-state index contributed by atoms with van der Waals surface area (Å²) in [4.78, 5) is 0. The Morgan fingerprint density at radius 2 is 0.914 bits per heavy atom. The second kappa shape index (κ2) is 10.2. The van der Waals surface area contributed by atoms with Gasteiger partial charge in [0.15, 0.2) is 0 Å². The number of ether oxygens (including phenoxy) is 4. The summed E-state index contributed by atoms with van der Waals surface area (Å²) in [5.74, 6) is 6.04. The minimum atomic E-state index is 0.406. The van der Waals surface area contributed by atoms with Crippen molar-refractivity contribution in [3.8, 4) is 0 Å². The quantitative estimate of drug-likeness (QED) is 0.365. The topological polar surface area (TPSA) is 43.5 Å². The Morgan fingerprint density at radius 1 is 0.514 bits per heavy atom. The first-order chi connectivity index (χ1) is 17.3. The molecule has 2 saturated heterocycles. The van der Waals surface area contributed by atoms with Gasteiger partial charge in [0.25, 0.3) is 0 Å². The fourth-order valence-electron chi connectivity index (χ4n) is 10.7. The van der Waals surface area contributed by atoms with Crippen LogP contribution in [0.2, 0.25) is 0 Å². The maximum Gasteiger partial charge on any atom is 0.104 e. The maximum absolute atomic E-state index is 6.32. The summed E-state index contributed by atoms with van der Waals surface area (Å²) < 4.78 is 23.5. The lowest BCUT2D eigenvalue weighted by atomic mass is 9.48. The largest absolute Gasteiger partial charge is 0.375 e. The first-order valence-corrected chi connectivity index (χ1v) is 15.8. The van der Waals surface area contributed by atoms with Crippen molar-refractivity contribution in [2.24, 2.45) is 40.9 Å². The summed E-state index contributed by atoms with van der Waals surface area (Å²) in [6.45, 7) is 3.52. The summed E-state index contributed by atoms with van der Waals surface area (Å²) in [6, 6.07) is 0. The van der Waals surface area contributed by atoms with Gasteiger partial charge in [0.2, 0.25) is 0 Å². The smallest absolute Gasteiger partial charge is 0.104 e. The highest BCUT2D eigenvalue weighted by Gasteiger charge is 2.65. The van der Waals surface area contributed by atoms with Crippen LogP contribution in [0.25, 0.3) is 0 Å². The van der Waals surface area contributed by atoms with Gasteiger partial charge in [-0.05, 0) is 118 Å². The molecule has 7 fully saturated rings. The van der Waals surface area contributed by atoms with Gasteiger partial charge in [-0.2, -0.15) is 0 Å². The molecule has 6 unspecified atom stereocenters. The molecule has 5 saturated carbocycles. The fraction of sp³-hybridized carbons (Fsp3) is 1.00. The molecular weight excluding hydrogens is 436 g/mol. The number of fused-ring (bicyclic) bond motifs is 3. The van der Waals surface area contributed by atoms with E-state index in [1.807, 2.05) is 0 Å². The summed E-state index contributed by atoms with van der Waals surface area (Å²) in [6.07, 6.45) is 24.9. The Morgan fingerprint density at radius 3 is 1.31 bits per heavy atom. The van der Waals surface area contributed by atoms with E-state index in [0.29, 0.717) is 29.8 Å². The molecule has 2 heterocycles. The summed E-state index contributed by atoms with van der Waals surface area (Å²) in [7, 11) is 0. The van der Waals surface area contributed by atoms with Crippen LogP contribution >= 0.6 is 0 Å². The number of hydrogen-bond acceptors (Lipinski definition) is 4. The van der Waals surface area contributed by atoms with Gasteiger partial charge in [-0.1, -0.05) is 25.7 Å². The highest BCUT2D eigenvalue weighted by molar-refractivity contribution is 5.13. The van der Waals surface area contributed by atoms with Crippen molar-refractivity contribution < 1.29 is 18.9 Å². The van der Waals surface area contributed by atoms with E-state index in [1.54, 1.807) is 25.7 Å². The van der Waals surface area contributed by atoms with Crippen LogP contribution in [-0.2, 0) is 18.9 Å². The minimum Gasteiger partial charge on any atom is -0.375 e. The molecular formula is C31H50O4. The molecule has 35 heavy (non-hydrogen) atoms. The molecule has 0 N–H and O–H groups in total. The molecule has 0 aromatic heterocycles. The Bertz CT molecular complexity index is 641. The monoisotopic (exact) mass is 486 g/mol. The van der Waals surface area contributed by atoms with E-state index >= 15 is 0 Å². The summed E-state index contributed by atoms with van der Waals surface area (Å²) >= 11 is 0. The Balaban J connectivity index is 1.12. The first kappa shape index (κ1) is 23.9. The van der Waals surface area contributed by atoms with E-state index in [4.69, 9.17) is 18.9 Å². The number of epoxide rings is 2. The second-order valence-electron chi connectivity index (χ2n) is 13.6. The molecule has 7 rings (SSSR count). The van der Waals surface area contributed by atoms with Gasteiger partial charge in [0.1, 0.15) is 12.2 Å². The molecule has 5 aliphatic carbocycles. The van der Waals surface area contributed by atoms with E-state index in [2.05, 4.69) is 0 Å². The van der Waals surface area contributed by atoms with Crippen LogP contribution in [0.5, 0.6) is 0 Å². The highest BCUT2D eigenvalue weighted by atomic mass is 16.6. The van der Waals surface area contributed by atoms with E-state index in [1.165, 1.54) is 77.0 Å². The van der Waals surface area contributed by atoms with Gasteiger partial charge in [0, 0.05) is 0 Å². The molecule has 0 amide bonds. The van der Waals surface area contributed by atoms with Crippen molar-refractivity contribution in [3.05, 3.63) is 0 Å². The molecule has 0 aromatic rings. The molecule has 0 radical (unpaired) electrons. The van der Waals surface area contributed by atoms with Crippen molar-refractivity contribution in [1.82, 2.24) is 0 Å². The third-order valence-corrected chi connectivity index (χ3v) is 12.1. The summed E-state index contributed by atoms with van der Waals surface area (Å²) in [5.41, 5.74) is 0.630. The third-order valence-electron chi connectivity index (χ3n) is 12.1. The zero-order chi connectivity index (χ0) is 23.2. The van der Waals surface area contributed by atoms with Crippen LogP contribution in [0.4, 0.5) is 0 Å². The first-order valence-electron chi connectivity index (χ1n) is 15.8. The van der Waals surface area contributed by atoms with Gasteiger partial charge < -0.3 is 18.9 Å². The molecule has 7 aliphatic rings. The molecule has 198 valence electrons. The second-order valence-corrected chi connectivity index (χ2v) is 13.6. The molecule has 0 spiro atoms. The summed E-state index contributed by atoms with van der Waals surface area (Å²) in [5, 5.41) is 0. The SMILES string of the molecule is C1CCC2C(C1)C1CCCCC1C2(C1CCC(OCC2CO2)CC1)C1CCC(OCC2CO2)CC1. The highest BCUT2D eigenvalue weighted by Crippen LogP contribution is 2.71. The van der Waals surface area contributed by atoms with Gasteiger partial charge in [-0.15, -0.1) is 0 Å². The van der Waals surface area contributed by atoms with Crippen LogP contribution in [-0.4, -0.2) is 50.8 Å². The van der Waals surface area contributed by atoms with Crippen molar-refractivity contribution in [1.29, 1.82) is 0 Å². The van der Waals surface area contributed by atoms with E-state index in [9.17, 15) is 0 Å². The van der Waals surface area contributed by atoms with E-state index in [0.717, 1.165) is 61.9 Å². The Labute approximate surface area is 213 Å². The lowest BCUT2D eigenvalue weighted by molar-refractivity contribution is -0.104. The average Bonchev–Trinajstić information content (AvgIpc) is 3.85. The molecule has 0 aromatic carbocycles. The van der Waals surface area contributed by atoms with Crippen LogP contribution in [0.15, 0.2) is 0 Å². The van der Waals surface area contributed by atoms with Crippen LogP contribution in [0, 0.1) is 40.9 Å². The predicted molar refractivity (Wildman–Crippen MR) is 136 cm³/mol. The lowest BCUT2D eigenvalue weighted by Gasteiger charge is -2.57. The lowest BCUT2D eigenvalue weighted by Crippen LogP contribution is -2.51. The van der Waals surface area contributed by atoms with Gasteiger partial charge in [0.05, 0.1) is 38.6 Å². The maximum atomic E-state index is 6.32. The zero-order valence-electron chi connectivity index (χ0n) is 22.0. The van der Waals surface area contributed by atoms with Crippen molar-refractivity contribution >= 4 is 0 Å². The minimum absolute atomic E-state index is 0.406. The Kier molecular flexibility index (Phi) is 6.97. The Hall–Kier alpha value is -0.160. The average molecular weight is 487 g/mol. The third kappa shape index (κ3) is 4.66. The molecule has 0 bridgehead atoms. The normalized spacial score (nSPS) is 51.4. The van der Waals surface area contributed by atoms with Gasteiger partial charge >= 0.3 is 0 Å². The standard InChI is InChI=1S/C31H50O4/c1-3-7-29-27(5-1)28-6-2-4-8-30(28)31(29,21-9-13-23(14-10-21)32-17-25-19-34-25)22-11-15-24(16-12-22)33-18-26-20-35-26/h21-30H,1-20H2. The van der Waals surface area contributed by atoms with Crippen LogP contribution in [0.1, 0.15) is 103 Å². The number of rotatable bonds is 8. The molecule has 4 heteroatoms. The predicted octanol–water partition coefficient (Wildman–Crippen LogP) is 6.55. The van der Waals surface area contributed by atoms with Crippen LogP contribution < -0.4 is 0 Å².